The Bertz CT molecular complexity index is 574. The average Bonchev–Trinajstić information content (AvgIpc) is 2.90. The minimum atomic E-state index is 0.586. The van der Waals surface area contributed by atoms with E-state index in [1.54, 1.807) is 6.92 Å². The summed E-state index contributed by atoms with van der Waals surface area (Å²) < 4.78 is 4.94. The molecule has 114 valence electrons. The summed E-state index contributed by atoms with van der Waals surface area (Å²) in [5, 5.41) is 11.2. The van der Waals surface area contributed by atoms with Crippen molar-refractivity contribution >= 4 is 23.4 Å². The van der Waals surface area contributed by atoms with Gasteiger partial charge in [-0.05, 0) is 12.7 Å². The second-order valence-electron chi connectivity index (χ2n) is 4.46. The fraction of sp³-hybridized carbons (Fsp3) is 0.538. The molecule has 0 saturated heterocycles. The molecule has 0 aromatic carbocycles. The summed E-state index contributed by atoms with van der Waals surface area (Å²) >= 11 is 1.52. The number of thioether (sulfide) groups is 1. The van der Waals surface area contributed by atoms with Crippen LogP contribution in [0.1, 0.15) is 25.1 Å². The largest absolute Gasteiger partial charge is 0.370 e. The van der Waals surface area contributed by atoms with Crippen LogP contribution in [0.2, 0.25) is 0 Å². The Morgan fingerprint density at radius 3 is 2.43 bits per heavy atom. The van der Waals surface area contributed by atoms with Crippen molar-refractivity contribution in [1.82, 2.24) is 20.1 Å². The molecule has 0 fully saturated rings. The van der Waals surface area contributed by atoms with E-state index < -0.39 is 0 Å². The maximum Gasteiger partial charge on any atom is 0.223 e. The number of rotatable bonds is 8. The lowest BCUT2D eigenvalue weighted by Crippen LogP contribution is -2.10. The molecule has 2 aromatic heterocycles. The van der Waals surface area contributed by atoms with Crippen LogP contribution in [0.25, 0.3) is 0 Å². The second-order valence-corrected chi connectivity index (χ2v) is 5.23. The number of nitrogens with one attached hydrogen (secondary N) is 2. The van der Waals surface area contributed by atoms with Gasteiger partial charge >= 0.3 is 0 Å². The highest BCUT2D eigenvalue weighted by Gasteiger charge is 2.05. The molecular weight excluding hydrogens is 288 g/mol. The van der Waals surface area contributed by atoms with Gasteiger partial charge in [0.15, 0.2) is 11.0 Å². The van der Waals surface area contributed by atoms with E-state index in [2.05, 4.69) is 37.7 Å². The van der Waals surface area contributed by atoms with Gasteiger partial charge in [-0.1, -0.05) is 23.8 Å². The number of aromatic nitrogens is 4. The summed E-state index contributed by atoms with van der Waals surface area (Å²) in [6.07, 6.45) is 3.71. The highest BCUT2D eigenvalue weighted by molar-refractivity contribution is 7.98. The first-order chi connectivity index (χ1) is 10.2. The van der Waals surface area contributed by atoms with Crippen LogP contribution >= 0.6 is 11.8 Å². The van der Waals surface area contributed by atoms with Crippen molar-refractivity contribution in [3.05, 3.63) is 17.8 Å². The molecule has 0 bridgehead atoms. The molecule has 21 heavy (non-hydrogen) atoms. The molecule has 2 N–H and O–H groups in total. The molecule has 0 atom stereocenters. The Morgan fingerprint density at radius 1 is 1.14 bits per heavy atom. The Balaban J connectivity index is 1.94. The smallest absolute Gasteiger partial charge is 0.223 e. The van der Waals surface area contributed by atoms with Crippen LogP contribution in [-0.4, -0.2) is 39.5 Å². The van der Waals surface area contributed by atoms with E-state index in [9.17, 15) is 0 Å². The standard InChI is InChI=1S/C13H20N6OS/c1-4-6-14-11-8-12(18-13(17-11)21-3)15-7-5-10-16-9(2)20-19-10/h8H,4-7H2,1-3H3,(H2,14,15,17,18). The first-order valence-corrected chi connectivity index (χ1v) is 8.13. The maximum atomic E-state index is 4.94. The summed E-state index contributed by atoms with van der Waals surface area (Å²) in [7, 11) is 0. The molecule has 2 heterocycles. The third-order valence-corrected chi connectivity index (χ3v) is 3.22. The zero-order chi connectivity index (χ0) is 15.1. The topological polar surface area (TPSA) is 88.8 Å². The molecule has 8 heteroatoms. The Hall–Kier alpha value is -1.83. The van der Waals surface area contributed by atoms with Gasteiger partial charge in [-0.25, -0.2) is 9.97 Å². The van der Waals surface area contributed by atoms with E-state index in [0.29, 0.717) is 24.7 Å². The van der Waals surface area contributed by atoms with Crippen molar-refractivity contribution in [2.75, 3.05) is 30.0 Å². The zero-order valence-corrected chi connectivity index (χ0v) is 13.3. The van der Waals surface area contributed by atoms with Gasteiger partial charge in [0.2, 0.25) is 5.89 Å². The van der Waals surface area contributed by atoms with E-state index in [1.807, 2.05) is 12.3 Å². The van der Waals surface area contributed by atoms with Crippen LogP contribution in [0.15, 0.2) is 15.7 Å². The molecule has 0 aliphatic heterocycles. The molecule has 0 amide bonds. The van der Waals surface area contributed by atoms with Gasteiger partial charge in [0.05, 0.1) is 0 Å². The molecule has 0 aliphatic carbocycles. The monoisotopic (exact) mass is 308 g/mol. The first kappa shape index (κ1) is 15.6. The molecule has 0 saturated carbocycles. The van der Waals surface area contributed by atoms with Crippen LogP contribution in [0.3, 0.4) is 0 Å². The molecular formula is C13H20N6OS. The highest BCUT2D eigenvalue weighted by Crippen LogP contribution is 2.17. The van der Waals surface area contributed by atoms with Gasteiger partial charge < -0.3 is 15.2 Å². The van der Waals surface area contributed by atoms with Gasteiger partial charge in [-0.2, -0.15) is 4.98 Å². The number of anilines is 2. The SMILES string of the molecule is CCCNc1cc(NCCc2noc(C)n2)nc(SC)n1. The van der Waals surface area contributed by atoms with Gasteiger partial charge in [0, 0.05) is 32.5 Å². The summed E-state index contributed by atoms with van der Waals surface area (Å²) in [6.45, 7) is 5.49. The maximum absolute atomic E-state index is 4.94. The van der Waals surface area contributed by atoms with Crippen LogP contribution < -0.4 is 10.6 Å². The predicted molar refractivity (Wildman–Crippen MR) is 83.8 cm³/mol. The van der Waals surface area contributed by atoms with Crippen molar-refractivity contribution in [1.29, 1.82) is 0 Å². The third kappa shape index (κ3) is 4.89. The summed E-state index contributed by atoms with van der Waals surface area (Å²) in [5.41, 5.74) is 0. The number of hydrogen-bond donors (Lipinski definition) is 2. The van der Waals surface area contributed by atoms with E-state index in [-0.39, 0.29) is 0 Å². The van der Waals surface area contributed by atoms with Crippen molar-refractivity contribution in [2.24, 2.45) is 0 Å². The van der Waals surface area contributed by atoms with Crippen molar-refractivity contribution in [3.8, 4) is 0 Å². The number of aryl methyl sites for hydroxylation is 1. The van der Waals surface area contributed by atoms with Crippen LogP contribution in [-0.2, 0) is 6.42 Å². The predicted octanol–water partition coefficient (Wildman–Crippen LogP) is 2.37. The molecule has 0 unspecified atom stereocenters. The molecule has 0 spiro atoms. The van der Waals surface area contributed by atoms with Crippen molar-refractivity contribution in [3.63, 3.8) is 0 Å². The van der Waals surface area contributed by atoms with Crippen LogP contribution in [0.5, 0.6) is 0 Å². The normalized spacial score (nSPS) is 10.6. The van der Waals surface area contributed by atoms with E-state index in [4.69, 9.17) is 4.52 Å². The fourth-order valence-corrected chi connectivity index (χ4v) is 2.08. The van der Waals surface area contributed by atoms with E-state index in [0.717, 1.165) is 29.8 Å². The summed E-state index contributed by atoms with van der Waals surface area (Å²) in [6, 6.07) is 1.91. The molecule has 2 aromatic rings. The van der Waals surface area contributed by atoms with Gasteiger partial charge in [-0.15, -0.1) is 0 Å². The van der Waals surface area contributed by atoms with Crippen LogP contribution in [0.4, 0.5) is 11.6 Å². The fourth-order valence-electron chi connectivity index (χ4n) is 1.70. The minimum absolute atomic E-state index is 0.586. The molecule has 7 nitrogen and oxygen atoms in total. The van der Waals surface area contributed by atoms with Gasteiger partial charge in [-0.3, -0.25) is 0 Å². The quantitative estimate of drug-likeness (QED) is 0.567. The molecule has 0 aliphatic rings. The third-order valence-electron chi connectivity index (χ3n) is 2.67. The Morgan fingerprint density at radius 2 is 1.86 bits per heavy atom. The lowest BCUT2D eigenvalue weighted by atomic mass is 10.4. The summed E-state index contributed by atoms with van der Waals surface area (Å²) in [4.78, 5) is 13.0. The first-order valence-electron chi connectivity index (χ1n) is 6.91. The van der Waals surface area contributed by atoms with Crippen LogP contribution in [0, 0.1) is 6.92 Å². The van der Waals surface area contributed by atoms with Crippen molar-refractivity contribution in [2.45, 2.75) is 31.8 Å². The Labute approximate surface area is 128 Å². The number of nitrogens with zero attached hydrogens (tertiary/aromatic N) is 4. The highest BCUT2D eigenvalue weighted by atomic mass is 32.2. The van der Waals surface area contributed by atoms with Gasteiger partial charge in [0.1, 0.15) is 11.6 Å². The lowest BCUT2D eigenvalue weighted by Gasteiger charge is -2.09. The average molecular weight is 308 g/mol. The minimum Gasteiger partial charge on any atom is -0.370 e. The summed E-state index contributed by atoms with van der Waals surface area (Å²) in [5.74, 6) is 2.92. The molecule has 2 rings (SSSR count). The Kier molecular flexibility index (Phi) is 5.79. The lowest BCUT2D eigenvalue weighted by molar-refractivity contribution is 0.387. The van der Waals surface area contributed by atoms with E-state index >= 15 is 0 Å². The van der Waals surface area contributed by atoms with E-state index in [1.165, 1.54) is 11.8 Å². The number of hydrogen-bond acceptors (Lipinski definition) is 8. The molecule has 0 radical (unpaired) electrons. The van der Waals surface area contributed by atoms with Crippen molar-refractivity contribution < 1.29 is 4.52 Å². The second kappa shape index (κ2) is 7.82. The van der Waals surface area contributed by atoms with Gasteiger partial charge in [0.25, 0.3) is 0 Å². The zero-order valence-electron chi connectivity index (χ0n) is 12.5.